The number of benzene rings is 2. The zero-order chi connectivity index (χ0) is 18.7. The summed E-state index contributed by atoms with van der Waals surface area (Å²) in [5, 5.41) is 17.3. The van der Waals surface area contributed by atoms with E-state index in [0.29, 0.717) is 5.56 Å². The number of fused-ring (bicyclic) bond motifs is 1. The summed E-state index contributed by atoms with van der Waals surface area (Å²) in [6.45, 7) is 0. The van der Waals surface area contributed by atoms with Crippen LogP contribution in [0, 0.1) is 10.1 Å². The van der Waals surface area contributed by atoms with Crippen LogP contribution in [0.1, 0.15) is 5.56 Å². The molecule has 3 aromatic rings. The van der Waals surface area contributed by atoms with E-state index in [1.165, 1.54) is 36.5 Å². The van der Waals surface area contributed by atoms with Crippen molar-refractivity contribution in [2.45, 2.75) is 0 Å². The topological polar surface area (TPSA) is 122 Å². The normalized spacial score (nSPS) is 10.9. The van der Waals surface area contributed by atoms with Crippen molar-refractivity contribution in [2.75, 3.05) is 0 Å². The molecule has 2 N–H and O–H groups in total. The number of rotatable bonds is 3. The minimum atomic E-state index is -0.503. The summed E-state index contributed by atoms with van der Waals surface area (Å²) in [5.74, 6) is 0. The van der Waals surface area contributed by atoms with Crippen LogP contribution in [-0.4, -0.2) is 26.0 Å². The molecule has 0 saturated carbocycles. The predicted molar refractivity (Wildman–Crippen MR) is 101 cm³/mol. The second-order valence-corrected chi connectivity index (χ2v) is 5.54. The molecule has 3 rings (SSSR count). The monoisotopic (exact) mass is 369 g/mol. The van der Waals surface area contributed by atoms with Crippen molar-refractivity contribution < 1.29 is 4.92 Å². The van der Waals surface area contributed by atoms with Crippen molar-refractivity contribution in [3.05, 3.63) is 84.9 Å². The van der Waals surface area contributed by atoms with Crippen LogP contribution >= 0.6 is 12.2 Å². The summed E-state index contributed by atoms with van der Waals surface area (Å²) < 4.78 is 0.896. The first kappa shape index (κ1) is 17.2. The van der Waals surface area contributed by atoms with E-state index >= 15 is 0 Å². The smallest absolute Gasteiger partial charge is 0.267 e. The van der Waals surface area contributed by atoms with Crippen LogP contribution in [0.25, 0.3) is 10.8 Å². The van der Waals surface area contributed by atoms with Gasteiger partial charge in [0.05, 0.1) is 21.9 Å². The van der Waals surface area contributed by atoms with Crippen molar-refractivity contribution >= 4 is 40.0 Å². The molecule has 0 amide bonds. The van der Waals surface area contributed by atoms with Crippen LogP contribution in [0.4, 0.5) is 5.69 Å². The first-order valence-corrected chi connectivity index (χ1v) is 7.70. The molecule has 0 bridgehead atoms. The van der Waals surface area contributed by atoms with Crippen LogP contribution in [0.2, 0.25) is 0 Å². The van der Waals surface area contributed by atoms with Gasteiger partial charge >= 0.3 is 0 Å². The average Bonchev–Trinajstić information content (AvgIpc) is 2.65. The largest absolute Gasteiger partial charge is 0.279 e. The molecule has 130 valence electrons. The number of hydrogen-bond donors (Lipinski definition) is 2. The predicted octanol–water partition coefficient (Wildman–Crippen LogP) is 1.35. The number of nitrogens with zero attached hydrogens (tertiary/aromatic N) is 3. The summed E-state index contributed by atoms with van der Waals surface area (Å²) >= 11 is 5.08. The molecular formula is C16H11N5O4S. The molecule has 0 radical (unpaired) electrons. The van der Waals surface area contributed by atoms with Crippen LogP contribution in [0.5, 0.6) is 0 Å². The minimum Gasteiger partial charge on any atom is -0.267 e. The fraction of sp³-hybridized carbons (Fsp3) is 0. The molecule has 10 heteroatoms. The lowest BCUT2D eigenvalue weighted by atomic mass is 10.2. The van der Waals surface area contributed by atoms with Crippen molar-refractivity contribution in [1.29, 1.82) is 0 Å². The Bertz CT molecular complexity index is 1150. The number of aromatic amines is 1. The van der Waals surface area contributed by atoms with E-state index in [2.05, 4.69) is 15.6 Å². The van der Waals surface area contributed by atoms with Gasteiger partial charge in [0.1, 0.15) is 0 Å². The highest BCUT2D eigenvalue weighted by molar-refractivity contribution is 7.80. The highest BCUT2D eigenvalue weighted by Crippen LogP contribution is 2.10. The third-order valence-corrected chi connectivity index (χ3v) is 3.77. The molecule has 0 aliphatic carbocycles. The molecule has 9 nitrogen and oxygen atoms in total. The number of H-pyrrole nitrogens is 1. The zero-order valence-corrected chi connectivity index (χ0v) is 13.9. The van der Waals surface area contributed by atoms with E-state index < -0.39 is 16.0 Å². The number of hydrazone groups is 1. The van der Waals surface area contributed by atoms with Gasteiger partial charge in [0.15, 0.2) is 0 Å². The molecule has 0 aliphatic heterocycles. The molecule has 0 saturated heterocycles. The molecule has 0 aliphatic rings. The van der Waals surface area contributed by atoms with Gasteiger partial charge in [-0.2, -0.15) is 9.78 Å². The van der Waals surface area contributed by atoms with E-state index in [1.807, 2.05) is 0 Å². The van der Waals surface area contributed by atoms with E-state index in [9.17, 15) is 19.7 Å². The highest BCUT2D eigenvalue weighted by atomic mass is 32.1. The number of non-ortho nitro benzene ring substituents is 1. The van der Waals surface area contributed by atoms with Gasteiger partial charge in [-0.15, -0.1) is 0 Å². The quantitative estimate of drug-likeness (QED) is 0.311. The van der Waals surface area contributed by atoms with Gasteiger partial charge < -0.3 is 0 Å². The van der Waals surface area contributed by atoms with Gasteiger partial charge in [-0.3, -0.25) is 30.2 Å². The first-order chi connectivity index (χ1) is 12.5. The molecule has 26 heavy (non-hydrogen) atoms. The molecule has 2 aromatic carbocycles. The zero-order valence-electron chi connectivity index (χ0n) is 13.1. The number of nitrogens with one attached hydrogen (secondary N) is 2. The van der Waals surface area contributed by atoms with Gasteiger partial charge in [-0.05, 0) is 42.0 Å². The van der Waals surface area contributed by atoms with Gasteiger partial charge in [0.25, 0.3) is 16.8 Å². The fourth-order valence-electron chi connectivity index (χ4n) is 2.24. The lowest BCUT2D eigenvalue weighted by Crippen LogP contribution is -2.39. The van der Waals surface area contributed by atoms with Crippen molar-refractivity contribution in [3.8, 4) is 0 Å². The Balaban J connectivity index is 1.81. The summed E-state index contributed by atoms with van der Waals surface area (Å²) in [5.41, 5.74) is 2.09. The maximum atomic E-state index is 12.4. The third kappa shape index (κ3) is 3.39. The molecule has 0 fully saturated rings. The molecule has 0 atom stereocenters. The lowest BCUT2D eigenvalue weighted by Gasteiger charge is -2.07. The van der Waals surface area contributed by atoms with Gasteiger partial charge in [0.2, 0.25) is 5.11 Å². The van der Waals surface area contributed by atoms with Gasteiger partial charge in [-0.25, -0.2) is 0 Å². The number of aromatic nitrogens is 2. The van der Waals surface area contributed by atoms with Crippen LogP contribution < -0.4 is 16.5 Å². The maximum Gasteiger partial charge on any atom is 0.279 e. The molecule has 0 unspecified atom stereocenters. The Morgan fingerprint density at radius 2 is 1.81 bits per heavy atom. The summed E-state index contributed by atoms with van der Waals surface area (Å²) in [4.78, 5) is 34.6. The summed E-state index contributed by atoms with van der Waals surface area (Å²) in [6, 6.07) is 12.1. The third-order valence-electron chi connectivity index (χ3n) is 3.50. The van der Waals surface area contributed by atoms with Gasteiger partial charge in [0, 0.05) is 12.1 Å². The van der Waals surface area contributed by atoms with E-state index in [0.717, 1.165) is 4.68 Å². The first-order valence-electron chi connectivity index (χ1n) is 7.29. The Labute approximate surface area is 150 Å². The summed E-state index contributed by atoms with van der Waals surface area (Å²) in [7, 11) is 0. The fourth-order valence-corrected chi connectivity index (χ4v) is 2.42. The van der Waals surface area contributed by atoms with Crippen molar-refractivity contribution in [1.82, 2.24) is 15.2 Å². The van der Waals surface area contributed by atoms with E-state index in [-0.39, 0.29) is 21.6 Å². The van der Waals surface area contributed by atoms with Crippen LogP contribution in [0.15, 0.2) is 63.2 Å². The SMILES string of the molecule is O=c1[nH]n(C(=S)N/N=C/c2ccc([N+](=O)[O-])cc2)c(=O)c2ccccc12. The van der Waals surface area contributed by atoms with E-state index in [1.54, 1.807) is 18.2 Å². The molecule has 0 spiro atoms. The maximum absolute atomic E-state index is 12.4. The van der Waals surface area contributed by atoms with Crippen LogP contribution in [-0.2, 0) is 0 Å². The standard InChI is InChI=1S/C16H11N5O4S/c22-14-12-3-1-2-4-13(12)15(23)20(19-14)16(26)18-17-9-10-5-7-11(8-6-10)21(24)25/h1-9H,(H,18,26)(H,19,22)/b17-9+. The Hall–Kier alpha value is -3.66. The van der Waals surface area contributed by atoms with E-state index in [4.69, 9.17) is 12.2 Å². The molecule has 1 aromatic heterocycles. The minimum absolute atomic E-state index is 0.0362. The second kappa shape index (κ2) is 7.07. The van der Waals surface area contributed by atoms with Gasteiger partial charge in [-0.1, -0.05) is 12.1 Å². The average molecular weight is 369 g/mol. The van der Waals surface area contributed by atoms with Crippen molar-refractivity contribution in [3.63, 3.8) is 0 Å². The number of hydrogen-bond acceptors (Lipinski definition) is 6. The highest BCUT2D eigenvalue weighted by Gasteiger charge is 2.09. The van der Waals surface area contributed by atoms with Crippen molar-refractivity contribution in [2.24, 2.45) is 5.10 Å². The Kier molecular flexibility index (Phi) is 4.67. The number of nitro groups is 1. The Morgan fingerprint density at radius 3 is 2.46 bits per heavy atom. The second-order valence-electron chi connectivity index (χ2n) is 5.15. The summed E-state index contributed by atoms with van der Waals surface area (Å²) in [6.07, 6.45) is 1.38. The Morgan fingerprint density at radius 1 is 1.15 bits per heavy atom. The number of thiocarbonyl (C=S) groups is 1. The molecular weight excluding hydrogens is 358 g/mol. The lowest BCUT2D eigenvalue weighted by molar-refractivity contribution is -0.384. The molecule has 1 heterocycles. The number of nitro benzene ring substituents is 1. The van der Waals surface area contributed by atoms with Crippen LogP contribution in [0.3, 0.4) is 0 Å².